The van der Waals surface area contributed by atoms with Gasteiger partial charge < -0.3 is 15.2 Å². The summed E-state index contributed by atoms with van der Waals surface area (Å²) in [4.78, 5) is 23.9. The molecular weight excluding hydrogens is 471 g/mol. The van der Waals surface area contributed by atoms with E-state index in [4.69, 9.17) is 67.8 Å². The highest BCUT2D eigenvalue weighted by Crippen LogP contribution is 2.65. The molecule has 0 radical (unpaired) electrons. The lowest BCUT2D eigenvalue weighted by atomic mass is 10.1. The molecule has 0 aromatic heterocycles. The number of methoxy groups -OCH3 is 1. The van der Waals surface area contributed by atoms with Gasteiger partial charge in [0, 0.05) is 11.6 Å². The van der Waals surface area contributed by atoms with Crippen LogP contribution in [0.4, 0.5) is 5.69 Å². The van der Waals surface area contributed by atoms with E-state index in [2.05, 4.69) is 5.32 Å². The van der Waals surface area contributed by atoms with Gasteiger partial charge in [0.25, 0.3) is 0 Å². The molecule has 2 atom stereocenters. The Labute approximate surface area is 185 Å². The van der Waals surface area contributed by atoms with Crippen molar-refractivity contribution in [3.8, 4) is 5.75 Å². The average Bonchev–Trinajstić information content (AvgIpc) is 3.18. The van der Waals surface area contributed by atoms with E-state index in [0.717, 1.165) is 0 Å². The largest absolute Gasteiger partial charge is 0.494 e. The van der Waals surface area contributed by atoms with Crippen LogP contribution in [0.25, 0.3) is 0 Å². The highest BCUT2D eigenvalue weighted by Gasteiger charge is 2.67. The molecule has 1 aliphatic rings. The molecule has 2 unspecified atom stereocenters. The molecule has 10 heteroatoms. The number of carbonyl (C=O) groups excluding carboxylic acids is 1. The third-order valence-corrected chi connectivity index (χ3v) is 6.22. The van der Waals surface area contributed by atoms with Gasteiger partial charge in [0.1, 0.15) is 4.33 Å². The van der Waals surface area contributed by atoms with E-state index in [1.54, 1.807) is 12.1 Å². The lowest BCUT2D eigenvalue weighted by Crippen LogP contribution is -2.17. The first-order chi connectivity index (χ1) is 13.1. The molecule has 1 fully saturated rings. The summed E-state index contributed by atoms with van der Waals surface area (Å²) in [5.41, 5.74) is 0.708. The third-order valence-electron chi connectivity index (χ3n) is 4.38. The Morgan fingerprint density at radius 3 is 2.21 bits per heavy atom. The molecule has 2 N–H and O–H groups in total. The normalized spacial score (nSPS) is 19.8. The van der Waals surface area contributed by atoms with Crippen LogP contribution < -0.4 is 10.1 Å². The number of anilines is 1. The molecule has 0 spiro atoms. The van der Waals surface area contributed by atoms with Crippen molar-refractivity contribution in [2.24, 2.45) is 5.92 Å². The summed E-state index contributed by atoms with van der Waals surface area (Å²) < 4.78 is 3.74. The molecule has 1 saturated carbocycles. The van der Waals surface area contributed by atoms with Gasteiger partial charge in [-0.3, -0.25) is 4.79 Å². The van der Waals surface area contributed by atoms with E-state index in [1.807, 2.05) is 0 Å². The SMILES string of the molecule is COc1c(Cl)cc(C2C(C(=O)Nc3ccc(Cl)c(C(=O)O)c3)C2(Cl)Cl)cc1Cl. The quantitative estimate of drug-likeness (QED) is 0.521. The molecule has 0 saturated heterocycles. The Kier molecular flexibility index (Phi) is 5.95. The topological polar surface area (TPSA) is 75.6 Å². The summed E-state index contributed by atoms with van der Waals surface area (Å²) in [6, 6.07) is 7.30. The molecule has 2 aromatic carbocycles. The van der Waals surface area contributed by atoms with E-state index in [1.165, 1.54) is 25.3 Å². The van der Waals surface area contributed by atoms with Crippen molar-refractivity contribution in [1.29, 1.82) is 0 Å². The Morgan fingerprint density at radius 2 is 1.68 bits per heavy atom. The van der Waals surface area contributed by atoms with Crippen molar-refractivity contribution in [2.45, 2.75) is 10.3 Å². The summed E-state index contributed by atoms with van der Waals surface area (Å²) in [5, 5.41) is 12.3. The van der Waals surface area contributed by atoms with Gasteiger partial charge in [-0.1, -0.05) is 34.8 Å². The number of nitrogens with one attached hydrogen (secondary N) is 1. The number of ether oxygens (including phenoxy) is 1. The molecule has 0 aliphatic heterocycles. The molecule has 148 valence electrons. The van der Waals surface area contributed by atoms with Crippen molar-refractivity contribution < 1.29 is 19.4 Å². The standard InChI is InChI=1S/C18H12Cl5NO4/c1-28-15-11(20)4-7(5-12(15)21)13-14(18(13,22)23)16(25)24-8-2-3-10(19)9(6-8)17(26)27/h2-6,13-14H,1H3,(H,24,25)(H,26,27). The van der Waals surface area contributed by atoms with Gasteiger partial charge in [0.2, 0.25) is 5.91 Å². The van der Waals surface area contributed by atoms with E-state index >= 15 is 0 Å². The predicted molar refractivity (Wildman–Crippen MR) is 111 cm³/mol. The van der Waals surface area contributed by atoms with Gasteiger partial charge in [-0.2, -0.15) is 0 Å². The number of carboxylic acid groups (broad SMARTS) is 1. The Morgan fingerprint density at radius 1 is 1.07 bits per heavy atom. The first kappa shape index (κ1) is 21.3. The van der Waals surface area contributed by atoms with Gasteiger partial charge in [-0.15, -0.1) is 23.2 Å². The minimum atomic E-state index is -1.37. The zero-order chi connectivity index (χ0) is 20.8. The molecule has 28 heavy (non-hydrogen) atoms. The predicted octanol–water partition coefficient (Wildman–Crippen LogP) is 5.88. The van der Waals surface area contributed by atoms with Crippen LogP contribution in [0.5, 0.6) is 5.75 Å². The molecule has 1 amide bonds. The number of alkyl halides is 2. The number of hydrogen-bond acceptors (Lipinski definition) is 3. The fourth-order valence-electron chi connectivity index (χ4n) is 3.01. The van der Waals surface area contributed by atoms with Crippen LogP contribution in [0.3, 0.4) is 0 Å². The molecule has 0 heterocycles. The maximum Gasteiger partial charge on any atom is 0.337 e. The van der Waals surface area contributed by atoms with E-state index in [0.29, 0.717) is 11.3 Å². The van der Waals surface area contributed by atoms with Crippen molar-refractivity contribution in [3.63, 3.8) is 0 Å². The maximum atomic E-state index is 12.7. The lowest BCUT2D eigenvalue weighted by Gasteiger charge is -2.09. The number of hydrogen-bond donors (Lipinski definition) is 2. The zero-order valence-corrected chi connectivity index (χ0v) is 17.9. The van der Waals surface area contributed by atoms with Crippen molar-refractivity contribution in [2.75, 3.05) is 12.4 Å². The zero-order valence-electron chi connectivity index (χ0n) is 14.1. The number of halogens is 5. The second kappa shape index (κ2) is 7.81. The van der Waals surface area contributed by atoms with Gasteiger partial charge in [-0.05, 0) is 35.9 Å². The van der Waals surface area contributed by atoms with Gasteiger partial charge >= 0.3 is 5.97 Å². The molecule has 0 bridgehead atoms. The van der Waals surface area contributed by atoms with Crippen LogP contribution in [0.1, 0.15) is 21.8 Å². The Hall–Kier alpha value is -1.37. The van der Waals surface area contributed by atoms with Gasteiger partial charge in [0.05, 0.1) is 33.7 Å². The summed E-state index contributed by atoms with van der Waals surface area (Å²) in [7, 11) is 1.44. The fraction of sp³-hybridized carbons (Fsp3) is 0.222. The smallest absolute Gasteiger partial charge is 0.337 e. The number of carboxylic acids is 1. The summed E-state index contributed by atoms with van der Waals surface area (Å²) in [6.45, 7) is 0. The van der Waals surface area contributed by atoms with E-state index < -0.39 is 28.0 Å². The fourth-order valence-corrected chi connectivity index (χ4v) is 4.69. The van der Waals surface area contributed by atoms with E-state index in [-0.39, 0.29) is 26.3 Å². The van der Waals surface area contributed by atoms with Crippen LogP contribution in [-0.2, 0) is 4.79 Å². The molecule has 5 nitrogen and oxygen atoms in total. The second-order valence-electron chi connectivity index (χ2n) is 6.14. The number of aromatic carboxylic acids is 1. The van der Waals surface area contributed by atoms with Crippen molar-refractivity contribution in [1.82, 2.24) is 0 Å². The first-order valence-corrected chi connectivity index (χ1v) is 9.71. The van der Waals surface area contributed by atoms with Crippen LogP contribution in [0, 0.1) is 5.92 Å². The highest BCUT2D eigenvalue weighted by atomic mass is 35.5. The van der Waals surface area contributed by atoms with Crippen LogP contribution in [0.15, 0.2) is 30.3 Å². The van der Waals surface area contributed by atoms with Crippen LogP contribution in [-0.4, -0.2) is 28.4 Å². The van der Waals surface area contributed by atoms with Crippen LogP contribution in [0.2, 0.25) is 15.1 Å². The minimum absolute atomic E-state index is 0.0568. The lowest BCUT2D eigenvalue weighted by molar-refractivity contribution is -0.117. The summed E-state index contributed by atoms with van der Waals surface area (Å²) in [5.74, 6) is -2.72. The van der Waals surface area contributed by atoms with Crippen LogP contribution >= 0.6 is 58.0 Å². The molecular formula is C18H12Cl5NO4. The third kappa shape index (κ3) is 3.87. The van der Waals surface area contributed by atoms with Gasteiger partial charge in [-0.25, -0.2) is 4.79 Å². The van der Waals surface area contributed by atoms with E-state index in [9.17, 15) is 9.59 Å². The summed E-state index contributed by atoms with van der Waals surface area (Å²) >= 11 is 30.8. The maximum absolute atomic E-state index is 12.7. The number of rotatable bonds is 5. The number of amides is 1. The minimum Gasteiger partial charge on any atom is -0.494 e. The number of benzene rings is 2. The van der Waals surface area contributed by atoms with Crippen molar-refractivity contribution >= 4 is 75.6 Å². The second-order valence-corrected chi connectivity index (χ2v) is 8.80. The highest BCUT2D eigenvalue weighted by molar-refractivity contribution is 6.53. The molecule has 1 aliphatic carbocycles. The Balaban J connectivity index is 1.84. The average molecular weight is 484 g/mol. The monoisotopic (exact) mass is 481 g/mol. The number of carbonyl (C=O) groups is 2. The molecule has 3 rings (SSSR count). The van der Waals surface area contributed by atoms with Gasteiger partial charge in [0.15, 0.2) is 5.75 Å². The van der Waals surface area contributed by atoms with Crippen molar-refractivity contribution in [3.05, 3.63) is 56.5 Å². The molecule has 2 aromatic rings. The summed E-state index contributed by atoms with van der Waals surface area (Å²) in [6.07, 6.45) is 0. The Bertz CT molecular complexity index is 955. The first-order valence-electron chi connectivity index (χ1n) is 7.82.